The second kappa shape index (κ2) is 5.56. The first kappa shape index (κ1) is 11.8. The number of carboxylic acid groups (broad SMARTS) is 1. The molecule has 0 saturated heterocycles. The van der Waals surface area contributed by atoms with Gasteiger partial charge in [-0.2, -0.15) is 0 Å². The van der Waals surface area contributed by atoms with Gasteiger partial charge in [-0.25, -0.2) is 4.79 Å². The van der Waals surface area contributed by atoms with Crippen molar-refractivity contribution in [1.29, 1.82) is 0 Å². The highest BCUT2D eigenvalue weighted by Gasteiger charge is 2.10. The zero-order valence-corrected chi connectivity index (χ0v) is 9.19. The minimum Gasteiger partial charge on any atom is -0.475 e. The molecule has 0 unspecified atom stereocenters. The predicted octanol–water partition coefficient (Wildman–Crippen LogP) is 2.21. The Morgan fingerprint density at radius 2 is 2.20 bits per heavy atom. The standard InChI is InChI=1S/C11H17NO3/c1-3-7-12(4-2)8-9-5-6-10(15-9)11(13)14/h5-6H,3-4,7-8H2,1-2H3,(H,13,14). The average Bonchev–Trinajstić information content (AvgIpc) is 2.65. The molecule has 0 atom stereocenters. The molecule has 0 spiro atoms. The fraction of sp³-hybridized carbons (Fsp3) is 0.545. The van der Waals surface area contributed by atoms with Gasteiger partial charge in [0.1, 0.15) is 5.76 Å². The van der Waals surface area contributed by atoms with Gasteiger partial charge in [-0.15, -0.1) is 0 Å². The zero-order chi connectivity index (χ0) is 11.3. The Morgan fingerprint density at radius 3 is 2.67 bits per heavy atom. The van der Waals surface area contributed by atoms with Crippen molar-refractivity contribution in [2.24, 2.45) is 0 Å². The maximum Gasteiger partial charge on any atom is 0.371 e. The van der Waals surface area contributed by atoms with Gasteiger partial charge in [0.25, 0.3) is 0 Å². The molecule has 0 aliphatic rings. The van der Waals surface area contributed by atoms with Crippen LogP contribution in [-0.2, 0) is 6.54 Å². The number of furan rings is 1. The van der Waals surface area contributed by atoms with E-state index >= 15 is 0 Å². The molecule has 15 heavy (non-hydrogen) atoms. The number of hydrogen-bond donors (Lipinski definition) is 1. The van der Waals surface area contributed by atoms with E-state index in [4.69, 9.17) is 9.52 Å². The molecular weight excluding hydrogens is 194 g/mol. The first-order valence-corrected chi connectivity index (χ1v) is 5.21. The number of carbonyl (C=O) groups is 1. The third-order valence-corrected chi connectivity index (χ3v) is 2.24. The number of rotatable bonds is 6. The van der Waals surface area contributed by atoms with Gasteiger partial charge in [0.05, 0.1) is 6.54 Å². The third kappa shape index (κ3) is 3.40. The Bertz CT molecular complexity index is 319. The smallest absolute Gasteiger partial charge is 0.371 e. The van der Waals surface area contributed by atoms with Crippen LogP contribution in [0.15, 0.2) is 16.5 Å². The van der Waals surface area contributed by atoms with E-state index in [1.54, 1.807) is 6.07 Å². The summed E-state index contributed by atoms with van der Waals surface area (Å²) < 4.78 is 5.18. The maximum absolute atomic E-state index is 10.6. The highest BCUT2D eigenvalue weighted by Crippen LogP contribution is 2.10. The highest BCUT2D eigenvalue weighted by atomic mass is 16.4. The van der Waals surface area contributed by atoms with E-state index in [2.05, 4.69) is 18.7 Å². The number of nitrogens with zero attached hydrogens (tertiary/aromatic N) is 1. The Kier molecular flexibility index (Phi) is 4.37. The van der Waals surface area contributed by atoms with Crippen LogP contribution < -0.4 is 0 Å². The summed E-state index contributed by atoms with van der Waals surface area (Å²) in [6, 6.07) is 3.22. The van der Waals surface area contributed by atoms with Crippen LogP contribution in [0.2, 0.25) is 0 Å². The first-order chi connectivity index (χ1) is 7.17. The summed E-state index contributed by atoms with van der Waals surface area (Å²) >= 11 is 0. The van der Waals surface area contributed by atoms with Crippen LogP contribution in [0.25, 0.3) is 0 Å². The van der Waals surface area contributed by atoms with Crippen molar-refractivity contribution in [2.45, 2.75) is 26.8 Å². The van der Waals surface area contributed by atoms with Crippen LogP contribution in [0, 0.1) is 0 Å². The summed E-state index contributed by atoms with van der Waals surface area (Å²) in [6.45, 7) is 6.82. The molecule has 1 N–H and O–H groups in total. The van der Waals surface area contributed by atoms with E-state index in [0.717, 1.165) is 19.5 Å². The molecule has 0 aliphatic heterocycles. The Labute approximate surface area is 89.5 Å². The van der Waals surface area contributed by atoms with Crippen molar-refractivity contribution in [1.82, 2.24) is 4.90 Å². The molecule has 0 bridgehead atoms. The van der Waals surface area contributed by atoms with Gasteiger partial charge < -0.3 is 9.52 Å². The molecule has 0 fully saturated rings. The van der Waals surface area contributed by atoms with Crippen LogP contribution in [0.5, 0.6) is 0 Å². The Balaban J connectivity index is 2.59. The Morgan fingerprint density at radius 1 is 1.47 bits per heavy atom. The molecule has 0 saturated carbocycles. The van der Waals surface area contributed by atoms with Crippen molar-refractivity contribution >= 4 is 5.97 Å². The van der Waals surface area contributed by atoms with E-state index in [1.807, 2.05) is 0 Å². The molecule has 4 heteroatoms. The van der Waals surface area contributed by atoms with Crippen molar-refractivity contribution in [3.8, 4) is 0 Å². The van der Waals surface area contributed by atoms with E-state index in [0.29, 0.717) is 12.3 Å². The summed E-state index contributed by atoms with van der Waals surface area (Å²) in [6.07, 6.45) is 1.08. The van der Waals surface area contributed by atoms with Gasteiger partial charge in [-0.3, -0.25) is 4.90 Å². The van der Waals surface area contributed by atoms with Crippen molar-refractivity contribution in [3.05, 3.63) is 23.7 Å². The molecule has 0 radical (unpaired) electrons. The van der Waals surface area contributed by atoms with Gasteiger partial charge in [-0.05, 0) is 31.6 Å². The summed E-state index contributed by atoms with van der Waals surface area (Å²) in [5.41, 5.74) is 0. The largest absolute Gasteiger partial charge is 0.475 e. The molecule has 1 rings (SSSR count). The summed E-state index contributed by atoms with van der Waals surface area (Å²) in [4.78, 5) is 12.8. The van der Waals surface area contributed by atoms with E-state index in [1.165, 1.54) is 6.07 Å². The predicted molar refractivity (Wildman–Crippen MR) is 56.9 cm³/mol. The minimum atomic E-state index is -1.01. The van der Waals surface area contributed by atoms with Gasteiger partial charge >= 0.3 is 5.97 Å². The second-order valence-electron chi connectivity index (χ2n) is 3.44. The zero-order valence-electron chi connectivity index (χ0n) is 9.19. The molecule has 0 aromatic carbocycles. The monoisotopic (exact) mass is 211 g/mol. The molecule has 0 aliphatic carbocycles. The van der Waals surface area contributed by atoms with Gasteiger partial charge in [0.15, 0.2) is 0 Å². The van der Waals surface area contributed by atoms with E-state index < -0.39 is 5.97 Å². The lowest BCUT2D eigenvalue weighted by Crippen LogP contribution is -2.23. The van der Waals surface area contributed by atoms with Gasteiger partial charge in [-0.1, -0.05) is 13.8 Å². The molecule has 84 valence electrons. The molecular formula is C11H17NO3. The summed E-state index contributed by atoms with van der Waals surface area (Å²) in [5, 5.41) is 8.69. The van der Waals surface area contributed by atoms with Crippen LogP contribution in [0.3, 0.4) is 0 Å². The van der Waals surface area contributed by atoms with Crippen molar-refractivity contribution in [2.75, 3.05) is 13.1 Å². The number of aromatic carboxylic acids is 1. The summed E-state index contributed by atoms with van der Waals surface area (Å²) in [7, 11) is 0. The lowest BCUT2D eigenvalue weighted by Gasteiger charge is -2.17. The van der Waals surface area contributed by atoms with E-state index in [9.17, 15) is 4.79 Å². The molecule has 4 nitrogen and oxygen atoms in total. The van der Waals surface area contributed by atoms with Crippen LogP contribution in [0.1, 0.15) is 36.6 Å². The molecule has 0 amide bonds. The van der Waals surface area contributed by atoms with Crippen molar-refractivity contribution in [3.63, 3.8) is 0 Å². The van der Waals surface area contributed by atoms with E-state index in [-0.39, 0.29) is 5.76 Å². The topological polar surface area (TPSA) is 53.7 Å². The van der Waals surface area contributed by atoms with Crippen molar-refractivity contribution < 1.29 is 14.3 Å². The third-order valence-electron chi connectivity index (χ3n) is 2.24. The van der Waals surface area contributed by atoms with Crippen LogP contribution >= 0.6 is 0 Å². The fourth-order valence-electron chi connectivity index (χ4n) is 1.46. The first-order valence-electron chi connectivity index (χ1n) is 5.21. The SMILES string of the molecule is CCCN(CC)Cc1ccc(C(=O)O)o1. The molecule has 1 aromatic rings. The lowest BCUT2D eigenvalue weighted by atomic mass is 10.3. The quantitative estimate of drug-likeness (QED) is 0.783. The maximum atomic E-state index is 10.6. The average molecular weight is 211 g/mol. The van der Waals surface area contributed by atoms with Gasteiger partial charge in [0, 0.05) is 0 Å². The Hall–Kier alpha value is -1.29. The van der Waals surface area contributed by atoms with Gasteiger partial charge in [0.2, 0.25) is 5.76 Å². The summed E-state index contributed by atoms with van der Waals surface area (Å²) in [5.74, 6) is -0.292. The lowest BCUT2D eigenvalue weighted by molar-refractivity contribution is 0.0658. The highest BCUT2D eigenvalue weighted by molar-refractivity contribution is 5.84. The molecule has 1 heterocycles. The number of carboxylic acids is 1. The normalized spacial score (nSPS) is 10.9. The second-order valence-corrected chi connectivity index (χ2v) is 3.44. The van der Waals surface area contributed by atoms with Crippen LogP contribution in [-0.4, -0.2) is 29.1 Å². The number of hydrogen-bond acceptors (Lipinski definition) is 3. The fourth-order valence-corrected chi connectivity index (χ4v) is 1.46. The van der Waals surface area contributed by atoms with Crippen LogP contribution in [0.4, 0.5) is 0 Å². The molecule has 1 aromatic heterocycles. The minimum absolute atomic E-state index is 0.0116.